The highest BCUT2D eigenvalue weighted by molar-refractivity contribution is 4.80. The Morgan fingerprint density at radius 3 is 3.43 bits per heavy atom. The molecule has 1 aliphatic heterocycles. The van der Waals surface area contributed by atoms with Crippen LogP contribution < -0.4 is 10.9 Å². The Bertz CT molecular complexity index is 60.5. The van der Waals surface area contributed by atoms with Crippen LogP contribution in [0, 0.1) is 0 Å². The van der Waals surface area contributed by atoms with Gasteiger partial charge in [-0.25, -0.2) is 5.43 Å². The molecule has 40 valence electrons. The minimum atomic E-state index is 1.08. The van der Waals surface area contributed by atoms with Gasteiger partial charge in [0.1, 0.15) is 0 Å². The summed E-state index contributed by atoms with van der Waals surface area (Å²) in [6.07, 6.45) is 6.50. The molecule has 0 bridgehead atoms. The van der Waals surface area contributed by atoms with Gasteiger partial charge in [-0.3, -0.25) is 0 Å². The highest BCUT2D eigenvalue weighted by Crippen LogP contribution is 1.88. The molecule has 0 fully saturated rings. The minimum Gasteiger partial charge on any atom is -0.329 e. The Labute approximate surface area is 43.6 Å². The van der Waals surface area contributed by atoms with E-state index in [1.165, 1.54) is 12.8 Å². The molecule has 2 N–H and O–H groups in total. The standard InChI is InChI=1S/C5H10N2/c1-2-4-6-7-5-3-1/h2,4,6-7H,1,3,5H2. The first-order valence-corrected chi connectivity index (χ1v) is 2.63. The molecule has 0 aromatic heterocycles. The van der Waals surface area contributed by atoms with Crippen molar-refractivity contribution in [1.29, 1.82) is 0 Å². The lowest BCUT2D eigenvalue weighted by atomic mass is 10.3. The van der Waals surface area contributed by atoms with E-state index in [9.17, 15) is 0 Å². The van der Waals surface area contributed by atoms with Gasteiger partial charge in [0.05, 0.1) is 0 Å². The van der Waals surface area contributed by atoms with Crippen molar-refractivity contribution in [3.05, 3.63) is 12.3 Å². The predicted molar refractivity (Wildman–Crippen MR) is 29.5 cm³/mol. The summed E-state index contributed by atoms with van der Waals surface area (Å²) >= 11 is 0. The smallest absolute Gasteiger partial charge is 0.0150 e. The van der Waals surface area contributed by atoms with E-state index in [1.54, 1.807) is 0 Å². The summed E-state index contributed by atoms with van der Waals surface area (Å²) < 4.78 is 0. The van der Waals surface area contributed by atoms with E-state index in [1.807, 2.05) is 6.20 Å². The Balaban J connectivity index is 2.20. The lowest BCUT2D eigenvalue weighted by Crippen LogP contribution is -2.25. The first kappa shape index (κ1) is 4.65. The number of hydrogen-bond acceptors (Lipinski definition) is 2. The van der Waals surface area contributed by atoms with E-state index in [4.69, 9.17) is 0 Å². The van der Waals surface area contributed by atoms with Crippen LogP contribution in [-0.2, 0) is 0 Å². The third-order valence-electron chi connectivity index (χ3n) is 0.976. The second kappa shape index (κ2) is 2.64. The summed E-state index contributed by atoms with van der Waals surface area (Å²) in [4.78, 5) is 0. The van der Waals surface area contributed by atoms with E-state index < -0.39 is 0 Å². The summed E-state index contributed by atoms with van der Waals surface area (Å²) in [5, 5.41) is 0. The molecule has 1 rings (SSSR count). The van der Waals surface area contributed by atoms with Crippen molar-refractivity contribution in [2.24, 2.45) is 0 Å². The van der Waals surface area contributed by atoms with E-state index in [0.717, 1.165) is 6.54 Å². The fraction of sp³-hybridized carbons (Fsp3) is 0.600. The van der Waals surface area contributed by atoms with Crippen molar-refractivity contribution < 1.29 is 0 Å². The maximum absolute atomic E-state index is 3.01. The zero-order valence-electron chi connectivity index (χ0n) is 4.28. The SMILES string of the molecule is C1=CNNCCC1. The highest BCUT2D eigenvalue weighted by Gasteiger charge is 1.85. The van der Waals surface area contributed by atoms with Crippen molar-refractivity contribution in [3.63, 3.8) is 0 Å². The third-order valence-corrected chi connectivity index (χ3v) is 0.976. The number of hydrazine groups is 1. The van der Waals surface area contributed by atoms with Crippen LogP contribution in [0.4, 0.5) is 0 Å². The molecule has 0 aromatic rings. The monoisotopic (exact) mass is 98.1 g/mol. The second-order valence-corrected chi connectivity index (χ2v) is 1.62. The Morgan fingerprint density at radius 1 is 1.43 bits per heavy atom. The van der Waals surface area contributed by atoms with Crippen molar-refractivity contribution in [1.82, 2.24) is 10.9 Å². The van der Waals surface area contributed by atoms with Gasteiger partial charge in [-0.1, -0.05) is 6.08 Å². The van der Waals surface area contributed by atoms with Crippen LogP contribution in [0.2, 0.25) is 0 Å². The van der Waals surface area contributed by atoms with E-state index >= 15 is 0 Å². The molecule has 0 amide bonds. The van der Waals surface area contributed by atoms with Gasteiger partial charge in [-0.2, -0.15) is 0 Å². The molecule has 2 nitrogen and oxygen atoms in total. The van der Waals surface area contributed by atoms with Crippen LogP contribution in [-0.4, -0.2) is 6.54 Å². The van der Waals surface area contributed by atoms with Crippen molar-refractivity contribution >= 4 is 0 Å². The summed E-state index contributed by atoms with van der Waals surface area (Å²) in [6.45, 7) is 1.08. The molecular weight excluding hydrogens is 88.1 g/mol. The van der Waals surface area contributed by atoms with Crippen LogP contribution in [0.3, 0.4) is 0 Å². The summed E-state index contributed by atoms with van der Waals surface area (Å²) in [5.41, 5.74) is 5.93. The molecule has 0 atom stereocenters. The topological polar surface area (TPSA) is 24.1 Å². The minimum absolute atomic E-state index is 1.08. The summed E-state index contributed by atoms with van der Waals surface area (Å²) in [6, 6.07) is 0. The molecular formula is C5H10N2. The van der Waals surface area contributed by atoms with Crippen LogP contribution in [0.1, 0.15) is 12.8 Å². The van der Waals surface area contributed by atoms with Crippen molar-refractivity contribution in [2.45, 2.75) is 12.8 Å². The third kappa shape index (κ3) is 1.59. The number of hydrogen-bond donors (Lipinski definition) is 2. The number of nitrogens with one attached hydrogen (secondary N) is 2. The fourth-order valence-electron chi connectivity index (χ4n) is 0.582. The number of allylic oxidation sites excluding steroid dienone is 1. The first-order valence-electron chi connectivity index (χ1n) is 2.63. The zero-order chi connectivity index (χ0) is 4.95. The van der Waals surface area contributed by atoms with Crippen molar-refractivity contribution in [3.8, 4) is 0 Å². The van der Waals surface area contributed by atoms with E-state index in [0.29, 0.717) is 0 Å². The second-order valence-electron chi connectivity index (χ2n) is 1.62. The van der Waals surface area contributed by atoms with Crippen LogP contribution >= 0.6 is 0 Å². The molecule has 0 spiro atoms. The predicted octanol–water partition coefficient (Wildman–Crippen LogP) is 0.388. The maximum atomic E-state index is 3.01. The van der Waals surface area contributed by atoms with Gasteiger partial charge in [0.2, 0.25) is 0 Å². The molecule has 1 aliphatic rings. The Hall–Kier alpha value is -0.500. The van der Waals surface area contributed by atoms with Gasteiger partial charge in [-0.15, -0.1) is 0 Å². The van der Waals surface area contributed by atoms with Crippen molar-refractivity contribution in [2.75, 3.05) is 6.54 Å². The fourth-order valence-corrected chi connectivity index (χ4v) is 0.582. The molecule has 0 aromatic carbocycles. The molecule has 2 heteroatoms. The molecule has 1 heterocycles. The first-order chi connectivity index (χ1) is 3.50. The van der Waals surface area contributed by atoms with Gasteiger partial charge in [-0.05, 0) is 12.8 Å². The zero-order valence-corrected chi connectivity index (χ0v) is 4.28. The molecule has 7 heavy (non-hydrogen) atoms. The normalized spacial score (nSPS) is 20.6. The van der Waals surface area contributed by atoms with Gasteiger partial charge in [0.25, 0.3) is 0 Å². The Morgan fingerprint density at radius 2 is 2.43 bits per heavy atom. The molecule has 0 saturated heterocycles. The lowest BCUT2D eigenvalue weighted by Gasteiger charge is -1.95. The van der Waals surface area contributed by atoms with Gasteiger partial charge in [0.15, 0.2) is 0 Å². The molecule has 0 radical (unpaired) electrons. The van der Waals surface area contributed by atoms with E-state index in [-0.39, 0.29) is 0 Å². The van der Waals surface area contributed by atoms with Crippen LogP contribution in [0.15, 0.2) is 12.3 Å². The molecule has 0 unspecified atom stereocenters. The Kier molecular flexibility index (Phi) is 1.75. The number of rotatable bonds is 0. The van der Waals surface area contributed by atoms with Gasteiger partial charge >= 0.3 is 0 Å². The molecule has 0 saturated carbocycles. The lowest BCUT2D eigenvalue weighted by molar-refractivity contribution is 0.622. The quantitative estimate of drug-likeness (QED) is 0.458. The van der Waals surface area contributed by atoms with E-state index in [2.05, 4.69) is 16.9 Å². The van der Waals surface area contributed by atoms with Crippen LogP contribution in [0.5, 0.6) is 0 Å². The maximum Gasteiger partial charge on any atom is 0.0150 e. The average Bonchev–Trinajstić information content (AvgIpc) is 1.90. The van der Waals surface area contributed by atoms with Gasteiger partial charge in [0, 0.05) is 12.7 Å². The summed E-state index contributed by atoms with van der Waals surface area (Å²) in [7, 11) is 0. The average molecular weight is 98.1 g/mol. The largest absolute Gasteiger partial charge is 0.329 e. The molecule has 0 aliphatic carbocycles. The highest BCUT2D eigenvalue weighted by atomic mass is 15.3. The van der Waals surface area contributed by atoms with Gasteiger partial charge < -0.3 is 5.43 Å². The van der Waals surface area contributed by atoms with Crippen LogP contribution in [0.25, 0.3) is 0 Å². The summed E-state index contributed by atoms with van der Waals surface area (Å²) in [5.74, 6) is 0.